The highest BCUT2D eigenvalue weighted by atomic mass is 32.1. The fourth-order valence-electron chi connectivity index (χ4n) is 1.36. The first kappa shape index (κ1) is 14.0. The number of hydrogen-bond donors (Lipinski definition) is 3. The van der Waals surface area contributed by atoms with Crippen LogP contribution in [0.4, 0.5) is 4.39 Å². The Morgan fingerprint density at radius 2 is 2.18 bits per heavy atom. The van der Waals surface area contributed by atoms with E-state index in [9.17, 15) is 9.18 Å². The third-order valence-electron chi connectivity index (χ3n) is 2.51. The van der Waals surface area contributed by atoms with E-state index in [1.807, 2.05) is 13.8 Å². The van der Waals surface area contributed by atoms with Crippen LogP contribution >= 0.6 is 12.6 Å². The monoisotopic (exact) mass is 257 g/mol. The quantitative estimate of drug-likeness (QED) is 0.721. The second-order valence-corrected chi connectivity index (χ2v) is 4.69. The number of nitrogens with one attached hydrogen (secondary N) is 1. The number of rotatable bonds is 4. The number of aliphatic hydroxyl groups is 1. The minimum absolute atomic E-state index is 0.0587. The predicted molar refractivity (Wildman–Crippen MR) is 66.8 cm³/mol. The molecule has 0 aliphatic carbocycles. The van der Waals surface area contributed by atoms with Gasteiger partial charge in [-0.1, -0.05) is 13.8 Å². The van der Waals surface area contributed by atoms with Gasteiger partial charge in [0.2, 0.25) is 0 Å². The fraction of sp³-hybridized carbons (Fsp3) is 0.417. The van der Waals surface area contributed by atoms with Gasteiger partial charge in [0, 0.05) is 4.90 Å². The third-order valence-corrected chi connectivity index (χ3v) is 2.79. The Labute approximate surface area is 105 Å². The first-order valence-corrected chi connectivity index (χ1v) is 5.80. The molecule has 0 aliphatic rings. The van der Waals surface area contributed by atoms with Crippen LogP contribution < -0.4 is 5.32 Å². The predicted octanol–water partition coefficient (Wildman–Crippen LogP) is 1.86. The minimum atomic E-state index is -0.597. The lowest BCUT2D eigenvalue weighted by molar-refractivity contribution is 0.0892. The molecule has 0 saturated heterocycles. The largest absolute Gasteiger partial charge is 0.394 e. The van der Waals surface area contributed by atoms with Gasteiger partial charge >= 0.3 is 0 Å². The molecule has 0 spiro atoms. The Kier molecular flexibility index (Phi) is 4.96. The summed E-state index contributed by atoms with van der Waals surface area (Å²) in [5.41, 5.74) is -0.0587. The van der Waals surface area contributed by atoms with Crippen molar-refractivity contribution in [1.29, 1.82) is 0 Å². The van der Waals surface area contributed by atoms with Gasteiger partial charge in [-0.05, 0) is 24.1 Å². The Balaban J connectivity index is 2.86. The van der Waals surface area contributed by atoms with Crippen LogP contribution in [0, 0.1) is 11.7 Å². The van der Waals surface area contributed by atoms with Crippen LogP contribution in [-0.4, -0.2) is 23.7 Å². The lowest BCUT2D eigenvalue weighted by atomic mass is 10.0. The van der Waals surface area contributed by atoms with Gasteiger partial charge in [0.1, 0.15) is 5.82 Å². The maximum absolute atomic E-state index is 13.4. The average molecular weight is 257 g/mol. The molecule has 0 bridgehead atoms. The van der Waals surface area contributed by atoms with Gasteiger partial charge in [-0.15, -0.1) is 12.6 Å². The van der Waals surface area contributed by atoms with E-state index >= 15 is 0 Å². The summed E-state index contributed by atoms with van der Waals surface area (Å²) in [6.45, 7) is 3.56. The maximum Gasteiger partial charge on any atom is 0.254 e. The summed E-state index contributed by atoms with van der Waals surface area (Å²) in [6, 6.07) is 3.65. The fourth-order valence-corrected chi connectivity index (χ4v) is 1.56. The Hall–Kier alpha value is -1.07. The molecule has 1 unspecified atom stereocenters. The molecule has 2 N–H and O–H groups in total. The number of carbonyl (C=O) groups is 1. The molecule has 17 heavy (non-hydrogen) atoms. The number of halogens is 1. The number of carbonyl (C=O) groups excluding carboxylic acids is 1. The first-order valence-electron chi connectivity index (χ1n) is 5.36. The average Bonchev–Trinajstić information content (AvgIpc) is 2.28. The molecule has 1 atom stereocenters. The topological polar surface area (TPSA) is 49.3 Å². The van der Waals surface area contributed by atoms with Crippen molar-refractivity contribution >= 4 is 18.5 Å². The number of hydrogen-bond acceptors (Lipinski definition) is 3. The number of aliphatic hydroxyl groups excluding tert-OH is 1. The zero-order valence-electron chi connectivity index (χ0n) is 9.77. The zero-order chi connectivity index (χ0) is 13.0. The second kappa shape index (κ2) is 6.02. The molecule has 1 aromatic rings. The molecule has 0 fully saturated rings. The Morgan fingerprint density at radius 1 is 1.53 bits per heavy atom. The highest BCUT2D eigenvalue weighted by Gasteiger charge is 2.18. The molecule has 0 radical (unpaired) electrons. The van der Waals surface area contributed by atoms with Crippen LogP contribution in [0.1, 0.15) is 24.2 Å². The summed E-state index contributed by atoms with van der Waals surface area (Å²) in [5, 5.41) is 11.7. The molecule has 1 amide bonds. The van der Waals surface area contributed by atoms with Gasteiger partial charge in [-0.3, -0.25) is 4.79 Å². The van der Waals surface area contributed by atoms with Crippen LogP contribution in [0.3, 0.4) is 0 Å². The molecule has 1 aromatic carbocycles. The van der Waals surface area contributed by atoms with Crippen molar-refractivity contribution in [3.05, 3.63) is 29.6 Å². The number of benzene rings is 1. The van der Waals surface area contributed by atoms with Crippen molar-refractivity contribution in [2.45, 2.75) is 24.8 Å². The lowest BCUT2D eigenvalue weighted by Gasteiger charge is -2.20. The molecular weight excluding hydrogens is 241 g/mol. The van der Waals surface area contributed by atoms with Crippen LogP contribution in [0.15, 0.2) is 23.1 Å². The Bertz CT molecular complexity index is 409. The van der Waals surface area contributed by atoms with E-state index in [-0.39, 0.29) is 24.1 Å². The lowest BCUT2D eigenvalue weighted by Crippen LogP contribution is -2.41. The zero-order valence-corrected chi connectivity index (χ0v) is 10.7. The smallest absolute Gasteiger partial charge is 0.254 e. The summed E-state index contributed by atoms with van der Waals surface area (Å²) < 4.78 is 13.4. The minimum Gasteiger partial charge on any atom is -0.394 e. The third kappa shape index (κ3) is 3.71. The van der Waals surface area contributed by atoms with Crippen molar-refractivity contribution in [2.24, 2.45) is 5.92 Å². The number of amides is 1. The van der Waals surface area contributed by atoms with Crippen molar-refractivity contribution in [3.8, 4) is 0 Å². The summed E-state index contributed by atoms with van der Waals surface area (Å²) in [7, 11) is 0. The molecule has 1 rings (SSSR count). The van der Waals surface area contributed by atoms with E-state index in [2.05, 4.69) is 17.9 Å². The summed E-state index contributed by atoms with van der Waals surface area (Å²) in [4.78, 5) is 12.3. The van der Waals surface area contributed by atoms with Gasteiger partial charge in [-0.25, -0.2) is 4.39 Å². The van der Waals surface area contributed by atoms with Crippen LogP contribution in [0.5, 0.6) is 0 Å². The number of thiol groups is 1. The summed E-state index contributed by atoms with van der Waals surface area (Å²) >= 11 is 4.05. The van der Waals surface area contributed by atoms with Crippen molar-refractivity contribution in [1.82, 2.24) is 5.32 Å². The molecule has 0 aliphatic heterocycles. The standard InChI is InChI=1S/C12H16FNO2S/c1-7(2)11(6-15)14-12(16)9-5-8(17)3-4-10(9)13/h3-5,7,11,15,17H,6H2,1-2H3,(H,14,16). The second-order valence-electron chi connectivity index (χ2n) is 4.17. The van der Waals surface area contributed by atoms with E-state index in [1.165, 1.54) is 18.2 Å². The van der Waals surface area contributed by atoms with Gasteiger partial charge in [0.05, 0.1) is 18.2 Å². The maximum atomic E-state index is 13.4. The highest BCUT2D eigenvalue weighted by Crippen LogP contribution is 2.14. The van der Waals surface area contributed by atoms with E-state index in [4.69, 9.17) is 5.11 Å². The normalized spacial score (nSPS) is 12.6. The van der Waals surface area contributed by atoms with Gasteiger partial charge in [0.25, 0.3) is 5.91 Å². The van der Waals surface area contributed by atoms with E-state index in [0.29, 0.717) is 4.90 Å². The van der Waals surface area contributed by atoms with Crippen LogP contribution in [0.25, 0.3) is 0 Å². The van der Waals surface area contributed by atoms with Crippen molar-refractivity contribution in [2.75, 3.05) is 6.61 Å². The van der Waals surface area contributed by atoms with Crippen molar-refractivity contribution in [3.63, 3.8) is 0 Å². The summed E-state index contributed by atoms with van der Waals surface area (Å²) in [5.74, 6) is -1.06. The van der Waals surface area contributed by atoms with Crippen LogP contribution in [-0.2, 0) is 0 Å². The Morgan fingerprint density at radius 3 is 2.71 bits per heavy atom. The van der Waals surface area contributed by atoms with Gasteiger partial charge < -0.3 is 10.4 Å². The molecular formula is C12H16FNO2S. The van der Waals surface area contributed by atoms with Crippen molar-refractivity contribution < 1.29 is 14.3 Å². The van der Waals surface area contributed by atoms with E-state index in [1.54, 1.807) is 0 Å². The van der Waals surface area contributed by atoms with E-state index < -0.39 is 11.7 Å². The molecule has 0 saturated carbocycles. The molecule has 0 aromatic heterocycles. The highest BCUT2D eigenvalue weighted by molar-refractivity contribution is 7.80. The molecule has 0 heterocycles. The van der Waals surface area contributed by atoms with Gasteiger partial charge in [-0.2, -0.15) is 0 Å². The summed E-state index contributed by atoms with van der Waals surface area (Å²) in [6.07, 6.45) is 0. The molecule has 3 nitrogen and oxygen atoms in total. The molecule has 94 valence electrons. The SMILES string of the molecule is CC(C)C(CO)NC(=O)c1cc(S)ccc1F. The first-order chi connectivity index (χ1) is 7.95. The van der Waals surface area contributed by atoms with E-state index in [0.717, 1.165) is 0 Å². The van der Waals surface area contributed by atoms with Gasteiger partial charge in [0.15, 0.2) is 0 Å². The van der Waals surface area contributed by atoms with Crippen LogP contribution in [0.2, 0.25) is 0 Å². The molecule has 5 heteroatoms.